The second kappa shape index (κ2) is 7.46. The average Bonchev–Trinajstić information content (AvgIpc) is 3.14. The summed E-state index contributed by atoms with van der Waals surface area (Å²) in [6, 6.07) is 8.78. The van der Waals surface area contributed by atoms with Crippen molar-refractivity contribution < 1.29 is 13.2 Å². The Morgan fingerprint density at radius 2 is 2.00 bits per heavy atom. The molecule has 2 heterocycles. The topological polar surface area (TPSA) is 59.0 Å². The summed E-state index contributed by atoms with van der Waals surface area (Å²) in [6.07, 6.45) is 4.67. The van der Waals surface area contributed by atoms with E-state index in [0.717, 1.165) is 24.1 Å². The molecule has 1 aromatic carbocycles. The molecule has 0 amide bonds. The highest BCUT2D eigenvalue weighted by atomic mass is 32.2. The standard InChI is InChI=1S/C17H20N2O3S2/c1-22-17-12-15(24(20,21)19-9-3-2-4-10-19)7-8-16(17)18-13-14-6-5-11-23-14/h5-8,11-13H,2-4,9-10H2,1H3. The Labute approximate surface area is 146 Å². The van der Waals surface area contributed by atoms with Crippen molar-refractivity contribution in [3.8, 4) is 5.75 Å². The lowest BCUT2D eigenvalue weighted by Crippen LogP contribution is -2.35. The molecular formula is C17H20N2O3S2. The largest absolute Gasteiger partial charge is 0.494 e. The minimum atomic E-state index is -3.47. The second-order valence-electron chi connectivity index (χ2n) is 5.57. The molecule has 128 valence electrons. The third-order valence-electron chi connectivity index (χ3n) is 3.98. The monoisotopic (exact) mass is 364 g/mol. The first kappa shape index (κ1) is 17.1. The summed E-state index contributed by atoms with van der Waals surface area (Å²) in [5, 5.41) is 1.98. The van der Waals surface area contributed by atoms with Gasteiger partial charge in [0.05, 0.1) is 12.0 Å². The highest BCUT2D eigenvalue weighted by Crippen LogP contribution is 2.32. The first-order valence-corrected chi connectivity index (χ1v) is 10.2. The van der Waals surface area contributed by atoms with Crippen LogP contribution in [0.15, 0.2) is 45.6 Å². The van der Waals surface area contributed by atoms with Crippen LogP contribution in [0.5, 0.6) is 5.75 Å². The van der Waals surface area contributed by atoms with E-state index in [0.29, 0.717) is 24.5 Å². The van der Waals surface area contributed by atoms with E-state index in [1.807, 2.05) is 17.5 Å². The molecule has 2 aromatic rings. The summed E-state index contributed by atoms with van der Waals surface area (Å²) in [4.78, 5) is 5.70. The summed E-state index contributed by atoms with van der Waals surface area (Å²) in [6.45, 7) is 1.17. The number of ether oxygens (including phenoxy) is 1. The van der Waals surface area contributed by atoms with Crippen LogP contribution in [0.2, 0.25) is 0 Å². The van der Waals surface area contributed by atoms with Crippen LogP contribution in [0.1, 0.15) is 24.1 Å². The van der Waals surface area contributed by atoms with Crippen LogP contribution >= 0.6 is 11.3 Å². The lowest BCUT2D eigenvalue weighted by atomic mass is 10.2. The van der Waals surface area contributed by atoms with Crippen molar-refractivity contribution in [1.29, 1.82) is 0 Å². The maximum Gasteiger partial charge on any atom is 0.243 e. The van der Waals surface area contributed by atoms with Crippen molar-refractivity contribution in [2.45, 2.75) is 24.2 Å². The summed E-state index contributed by atoms with van der Waals surface area (Å²) >= 11 is 1.59. The van der Waals surface area contributed by atoms with Gasteiger partial charge in [0, 0.05) is 30.2 Å². The summed E-state index contributed by atoms with van der Waals surface area (Å²) in [5.74, 6) is 0.459. The Balaban J connectivity index is 1.88. The molecule has 1 aliphatic heterocycles. The van der Waals surface area contributed by atoms with Crippen molar-refractivity contribution >= 4 is 33.3 Å². The van der Waals surface area contributed by atoms with Crippen LogP contribution in [0.3, 0.4) is 0 Å². The van der Waals surface area contributed by atoms with E-state index in [1.54, 1.807) is 40.1 Å². The van der Waals surface area contributed by atoms with Gasteiger partial charge < -0.3 is 4.74 Å². The molecule has 24 heavy (non-hydrogen) atoms. The first-order valence-electron chi connectivity index (χ1n) is 7.87. The molecule has 1 fully saturated rings. The smallest absolute Gasteiger partial charge is 0.243 e. The number of thiophene rings is 1. The third kappa shape index (κ3) is 3.68. The number of piperidine rings is 1. The highest BCUT2D eigenvalue weighted by molar-refractivity contribution is 7.89. The van der Waals surface area contributed by atoms with E-state index in [9.17, 15) is 8.42 Å². The predicted molar refractivity (Wildman–Crippen MR) is 97.2 cm³/mol. The van der Waals surface area contributed by atoms with Crippen molar-refractivity contribution in [2.24, 2.45) is 4.99 Å². The summed E-state index contributed by atoms with van der Waals surface area (Å²) in [5.41, 5.74) is 0.614. The van der Waals surface area contributed by atoms with E-state index in [1.165, 1.54) is 7.11 Å². The molecular weight excluding hydrogens is 344 g/mol. The number of methoxy groups -OCH3 is 1. The Hall–Kier alpha value is -1.70. The average molecular weight is 364 g/mol. The Kier molecular flexibility index (Phi) is 5.33. The zero-order chi connectivity index (χ0) is 17.0. The number of hydrogen-bond donors (Lipinski definition) is 0. The number of rotatable bonds is 5. The van der Waals surface area contributed by atoms with Gasteiger partial charge in [-0.3, -0.25) is 4.99 Å². The van der Waals surface area contributed by atoms with Crippen molar-refractivity contribution in [2.75, 3.05) is 20.2 Å². The molecule has 0 radical (unpaired) electrons. The first-order chi connectivity index (χ1) is 11.6. The van der Waals surface area contributed by atoms with Crippen molar-refractivity contribution in [3.05, 3.63) is 40.6 Å². The van der Waals surface area contributed by atoms with Crippen LogP contribution in [-0.4, -0.2) is 39.1 Å². The van der Waals surface area contributed by atoms with Crippen LogP contribution in [0, 0.1) is 0 Å². The third-order valence-corrected chi connectivity index (χ3v) is 6.68. The zero-order valence-corrected chi connectivity index (χ0v) is 15.1. The molecule has 7 heteroatoms. The van der Waals surface area contributed by atoms with E-state index < -0.39 is 10.0 Å². The fraction of sp³-hybridized carbons (Fsp3) is 0.353. The normalized spacial score (nSPS) is 16.5. The minimum absolute atomic E-state index is 0.260. The molecule has 0 N–H and O–H groups in total. The lowest BCUT2D eigenvalue weighted by molar-refractivity contribution is 0.346. The maximum absolute atomic E-state index is 12.7. The molecule has 0 aliphatic carbocycles. The van der Waals surface area contributed by atoms with Gasteiger partial charge in [0.25, 0.3) is 0 Å². The molecule has 0 atom stereocenters. The molecule has 0 saturated carbocycles. The van der Waals surface area contributed by atoms with Crippen LogP contribution < -0.4 is 4.74 Å². The molecule has 5 nitrogen and oxygen atoms in total. The number of sulfonamides is 1. The van der Waals surface area contributed by atoms with Crippen molar-refractivity contribution in [3.63, 3.8) is 0 Å². The van der Waals surface area contributed by atoms with Crippen LogP contribution in [-0.2, 0) is 10.0 Å². The molecule has 1 aliphatic rings. The highest BCUT2D eigenvalue weighted by Gasteiger charge is 2.26. The minimum Gasteiger partial charge on any atom is -0.494 e. The Morgan fingerprint density at radius 1 is 1.21 bits per heavy atom. The number of aliphatic imine (C=N–C) groups is 1. The predicted octanol–water partition coefficient (Wildman–Crippen LogP) is 3.68. The van der Waals surface area contributed by atoms with Gasteiger partial charge in [0.2, 0.25) is 10.0 Å². The van der Waals surface area contributed by atoms with Gasteiger partial charge in [-0.05, 0) is 36.4 Å². The number of nitrogens with zero attached hydrogens (tertiary/aromatic N) is 2. The van der Waals surface area contributed by atoms with Gasteiger partial charge in [-0.2, -0.15) is 4.31 Å². The SMILES string of the molecule is COc1cc(S(=O)(=O)N2CCCCC2)ccc1N=Cc1cccs1. The number of hydrogen-bond acceptors (Lipinski definition) is 5. The van der Waals surface area contributed by atoms with Crippen LogP contribution in [0.25, 0.3) is 0 Å². The van der Waals surface area contributed by atoms with Gasteiger partial charge >= 0.3 is 0 Å². The molecule has 1 saturated heterocycles. The molecule has 3 rings (SSSR count). The van der Waals surface area contributed by atoms with E-state index in [4.69, 9.17) is 4.74 Å². The number of benzene rings is 1. The van der Waals surface area contributed by atoms with Gasteiger partial charge in [-0.25, -0.2) is 8.42 Å². The van der Waals surface area contributed by atoms with Gasteiger partial charge in [0.1, 0.15) is 11.4 Å². The fourth-order valence-corrected chi connectivity index (χ4v) is 4.80. The van der Waals surface area contributed by atoms with E-state index in [2.05, 4.69) is 4.99 Å². The van der Waals surface area contributed by atoms with Gasteiger partial charge in [-0.15, -0.1) is 11.3 Å². The Morgan fingerprint density at radius 3 is 2.67 bits per heavy atom. The fourth-order valence-electron chi connectivity index (χ4n) is 2.68. The van der Waals surface area contributed by atoms with E-state index in [-0.39, 0.29) is 4.90 Å². The van der Waals surface area contributed by atoms with Crippen LogP contribution in [0.4, 0.5) is 5.69 Å². The van der Waals surface area contributed by atoms with Gasteiger partial charge in [-0.1, -0.05) is 12.5 Å². The maximum atomic E-state index is 12.7. The molecule has 0 bridgehead atoms. The van der Waals surface area contributed by atoms with Gasteiger partial charge in [0.15, 0.2) is 0 Å². The molecule has 1 aromatic heterocycles. The van der Waals surface area contributed by atoms with Crippen molar-refractivity contribution in [1.82, 2.24) is 4.31 Å². The Bertz CT molecular complexity index is 808. The molecule has 0 unspecified atom stereocenters. The quantitative estimate of drug-likeness (QED) is 0.761. The zero-order valence-electron chi connectivity index (χ0n) is 13.5. The summed E-state index contributed by atoms with van der Waals surface area (Å²) in [7, 11) is -1.94. The molecule has 0 spiro atoms. The van der Waals surface area contributed by atoms with E-state index >= 15 is 0 Å². The summed E-state index contributed by atoms with van der Waals surface area (Å²) < 4.78 is 32.4. The lowest BCUT2D eigenvalue weighted by Gasteiger charge is -2.26. The second-order valence-corrected chi connectivity index (χ2v) is 8.49.